The van der Waals surface area contributed by atoms with E-state index in [1.165, 1.54) is 12.0 Å². The summed E-state index contributed by atoms with van der Waals surface area (Å²) < 4.78 is 0. The smallest absolute Gasteiger partial charge is 0.0242 e. The third-order valence-electron chi connectivity index (χ3n) is 4.66. The van der Waals surface area contributed by atoms with Crippen LogP contribution in [0.2, 0.25) is 0 Å². The molecule has 15 heavy (non-hydrogen) atoms. The summed E-state index contributed by atoms with van der Waals surface area (Å²) in [6.07, 6.45) is 6.69. The minimum Gasteiger partial charge on any atom is -0.115 e. The van der Waals surface area contributed by atoms with Crippen molar-refractivity contribution in [1.29, 1.82) is 0 Å². The quantitative estimate of drug-likeness (QED) is 0.637. The van der Waals surface area contributed by atoms with Crippen molar-refractivity contribution < 1.29 is 0 Å². The molecule has 0 saturated heterocycles. The minimum absolute atomic E-state index is 0.557. The molecule has 0 nitrogen and oxygen atoms in total. The Hall–Kier alpha value is -1.22. The summed E-state index contributed by atoms with van der Waals surface area (Å²) in [6, 6.07) is 8.64. The Balaban J connectivity index is 1.92. The highest BCUT2D eigenvalue weighted by Gasteiger charge is 2.83. The predicted molar refractivity (Wildman–Crippen MR) is 62.5 cm³/mol. The van der Waals surface area contributed by atoms with Crippen molar-refractivity contribution in [2.75, 3.05) is 0 Å². The fraction of sp³-hybridized carbons (Fsp3) is 0.467. The SMILES string of the molecule is C#Cc1ccc(C23C(C)C2[C@H]3CC)cc1. The van der Waals surface area contributed by atoms with E-state index in [1.54, 1.807) is 0 Å². The van der Waals surface area contributed by atoms with E-state index in [0.717, 1.165) is 23.3 Å². The summed E-state index contributed by atoms with van der Waals surface area (Å²) in [5.41, 5.74) is 3.07. The van der Waals surface area contributed by atoms with E-state index in [1.807, 2.05) is 0 Å². The van der Waals surface area contributed by atoms with E-state index < -0.39 is 0 Å². The van der Waals surface area contributed by atoms with Gasteiger partial charge in [0.1, 0.15) is 0 Å². The van der Waals surface area contributed by atoms with Crippen LogP contribution in [0, 0.1) is 30.1 Å². The lowest BCUT2D eigenvalue weighted by atomic mass is 9.89. The molecule has 0 radical (unpaired) electrons. The predicted octanol–water partition coefficient (Wildman–Crippen LogP) is 3.21. The van der Waals surface area contributed by atoms with Gasteiger partial charge >= 0.3 is 0 Å². The maximum Gasteiger partial charge on any atom is 0.0242 e. The van der Waals surface area contributed by atoms with E-state index in [9.17, 15) is 0 Å². The number of hydrogen-bond acceptors (Lipinski definition) is 0. The van der Waals surface area contributed by atoms with Crippen LogP contribution in [-0.4, -0.2) is 0 Å². The second-order valence-corrected chi connectivity index (χ2v) is 4.98. The number of benzene rings is 1. The molecule has 2 fully saturated rings. The molecule has 0 heteroatoms. The van der Waals surface area contributed by atoms with Gasteiger partial charge in [-0.15, -0.1) is 6.42 Å². The lowest BCUT2D eigenvalue weighted by Gasteiger charge is -2.15. The van der Waals surface area contributed by atoms with E-state index >= 15 is 0 Å². The van der Waals surface area contributed by atoms with Crippen LogP contribution in [0.1, 0.15) is 31.4 Å². The summed E-state index contributed by atoms with van der Waals surface area (Å²) >= 11 is 0. The fourth-order valence-electron chi connectivity index (χ4n) is 3.82. The highest BCUT2D eigenvalue weighted by Crippen LogP contribution is 2.84. The molecule has 0 amide bonds. The first-order chi connectivity index (χ1) is 7.26. The largest absolute Gasteiger partial charge is 0.115 e. The van der Waals surface area contributed by atoms with E-state index in [2.05, 4.69) is 44.0 Å². The van der Waals surface area contributed by atoms with Gasteiger partial charge in [-0.3, -0.25) is 0 Å². The van der Waals surface area contributed by atoms with Gasteiger partial charge in [-0.25, -0.2) is 0 Å². The first kappa shape index (κ1) is 9.04. The molecular weight excluding hydrogens is 180 g/mol. The standard InChI is InChI=1S/C15H16/c1-4-11-6-8-12(9-7-11)15-10(3)14(15)13(15)5-2/h1,6-10,13-14H,5H2,2-3H3/t10?,13-,14?,15?/m1/s1. The van der Waals surface area contributed by atoms with Gasteiger partial charge in [0.2, 0.25) is 0 Å². The Bertz CT molecular complexity index is 428. The Morgan fingerprint density at radius 3 is 2.40 bits per heavy atom. The molecule has 0 heterocycles. The van der Waals surface area contributed by atoms with Gasteiger partial charge in [0.15, 0.2) is 0 Å². The second kappa shape index (κ2) is 2.67. The van der Waals surface area contributed by atoms with Gasteiger partial charge in [-0.1, -0.05) is 38.3 Å². The van der Waals surface area contributed by atoms with Crippen molar-refractivity contribution in [3.63, 3.8) is 0 Å². The second-order valence-electron chi connectivity index (χ2n) is 4.98. The average molecular weight is 196 g/mol. The van der Waals surface area contributed by atoms with Gasteiger partial charge in [0, 0.05) is 11.0 Å². The van der Waals surface area contributed by atoms with Crippen molar-refractivity contribution in [2.45, 2.75) is 25.7 Å². The molecule has 2 aliphatic rings. The molecule has 0 aliphatic heterocycles. The molecule has 2 aliphatic carbocycles. The van der Waals surface area contributed by atoms with Crippen molar-refractivity contribution in [1.82, 2.24) is 0 Å². The number of hydrogen-bond donors (Lipinski definition) is 0. The minimum atomic E-state index is 0.557. The molecule has 1 aromatic carbocycles. The zero-order valence-corrected chi connectivity index (χ0v) is 9.33. The third kappa shape index (κ3) is 0.893. The molecular formula is C15H16. The van der Waals surface area contributed by atoms with Crippen molar-refractivity contribution in [3.8, 4) is 12.3 Å². The zero-order chi connectivity index (χ0) is 10.6. The third-order valence-corrected chi connectivity index (χ3v) is 4.66. The van der Waals surface area contributed by atoms with Gasteiger partial charge in [0.25, 0.3) is 0 Å². The van der Waals surface area contributed by atoms with E-state index in [0.29, 0.717) is 5.41 Å². The Morgan fingerprint density at radius 2 is 2.00 bits per heavy atom. The monoisotopic (exact) mass is 196 g/mol. The molecule has 3 rings (SSSR count). The molecule has 4 atom stereocenters. The van der Waals surface area contributed by atoms with Crippen LogP contribution >= 0.6 is 0 Å². The summed E-state index contributed by atoms with van der Waals surface area (Å²) in [5.74, 6) is 5.50. The molecule has 3 unspecified atom stereocenters. The highest BCUT2D eigenvalue weighted by atomic mass is 14.9. The summed E-state index contributed by atoms with van der Waals surface area (Å²) in [6.45, 7) is 4.69. The molecule has 0 aromatic heterocycles. The first-order valence-corrected chi connectivity index (χ1v) is 5.84. The maximum absolute atomic E-state index is 5.37. The van der Waals surface area contributed by atoms with Crippen LogP contribution in [0.4, 0.5) is 0 Å². The van der Waals surface area contributed by atoms with Gasteiger partial charge in [-0.2, -0.15) is 0 Å². The van der Waals surface area contributed by atoms with Gasteiger partial charge in [0.05, 0.1) is 0 Å². The topological polar surface area (TPSA) is 0 Å². The first-order valence-electron chi connectivity index (χ1n) is 5.84. The lowest BCUT2D eigenvalue weighted by molar-refractivity contribution is 0.455. The molecule has 0 N–H and O–H groups in total. The number of fused-ring (bicyclic) bond motifs is 1. The summed E-state index contributed by atoms with van der Waals surface area (Å²) in [5, 5.41) is 0. The lowest BCUT2D eigenvalue weighted by Crippen LogP contribution is -2.10. The number of rotatable bonds is 2. The Kier molecular flexibility index (Phi) is 1.61. The molecule has 1 aromatic rings. The maximum atomic E-state index is 5.37. The average Bonchev–Trinajstić information content (AvgIpc) is 3.14. The zero-order valence-electron chi connectivity index (χ0n) is 9.33. The van der Waals surface area contributed by atoms with Crippen LogP contribution in [0.15, 0.2) is 24.3 Å². The normalized spacial score (nSPS) is 40.5. The molecule has 2 saturated carbocycles. The van der Waals surface area contributed by atoms with Crippen LogP contribution < -0.4 is 0 Å². The van der Waals surface area contributed by atoms with Crippen LogP contribution in [0.5, 0.6) is 0 Å². The van der Waals surface area contributed by atoms with Crippen LogP contribution in [0.3, 0.4) is 0 Å². The molecule has 76 valence electrons. The van der Waals surface area contributed by atoms with Gasteiger partial charge in [-0.05, 0) is 35.4 Å². The van der Waals surface area contributed by atoms with E-state index in [4.69, 9.17) is 6.42 Å². The molecule has 0 spiro atoms. The van der Waals surface area contributed by atoms with Crippen LogP contribution in [0.25, 0.3) is 0 Å². The summed E-state index contributed by atoms with van der Waals surface area (Å²) in [4.78, 5) is 0. The fourth-order valence-corrected chi connectivity index (χ4v) is 3.82. The van der Waals surface area contributed by atoms with Gasteiger partial charge < -0.3 is 0 Å². The summed E-state index contributed by atoms with van der Waals surface area (Å²) in [7, 11) is 0. The van der Waals surface area contributed by atoms with Crippen LogP contribution in [-0.2, 0) is 5.41 Å². The molecule has 0 bridgehead atoms. The van der Waals surface area contributed by atoms with Crippen molar-refractivity contribution in [3.05, 3.63) is 35.4 Å². The van der Waals surface area contributed by atoms with Crippen molar-refractivity contribution >= 4 is 0 Å². The number of terminal acetylenes is 1. The van der Waals surface area contributed by atoms with E-state index in [-0.39, 0.29) is 0 Å². The Morgan fingerprint density at radius 1 is 1.33 bits per heavy atom. The highest BCUT2D eigenvalue weighted by molar-refractivity contribution is 5.51. The Labute approximate surface area is 91.7 Å². The van der Waals surface area contributed by atoms with Crippen molar-refractivity contribution in [2.24, 2.45) is 17.8 Å².